The molecule has 0 radical (unpaired) electrons. The van der Waals surface area contributed by atoms with Gasteiger partial charge >= 0.3 is 0 Å². The average molecular weight is 505 g/mol. The first kappa shape index (κ1) is 25.7. The minimum atomic E-state index is -1.19. The molecule has 1 saturated heterocycles. The first-order chi connectivity index (χ1) is 17.4. The van der Waals surface area contributed by atoms with Crippen LogP contribution >= 0.6 is 0 Å². The molecule has 1 atom stereocenters. The number of hydrogen-bond acceptors (Lipinski definition) is 4. The lowest BCUT2D eigenvalue weighted by Gasteiger charge is -2.28. The number of nitrogens with one attached hydrogen (secondary N) is 2. The molecule has 0 saturated carbocycles. The standard InChI is InChI=1S/C28H32N4O3S/c1-3-31(17-18-36(2)35)25(33)22-12-10-11-21(19-22)20-32-26(34)28(30-27(32)29,23-13-6-4-7-14-23)24-15-8-5-9-16-24/h4-9,11,13-16,19H,3,10,12,17-18,20H2,1-2H3,(H2,29,30). The van der Waals surface area contributed by atoms with Gasteiger partial charge in [-0.15, -0.1) is 0 Å². The van der Waals surface area contributed by atoms with E-state index in [1.54, 1.807) is 11.2 Å². The lowest BCUT2D eigenvalue weighted by molar-refractivity contribution is -0.129. The van der Waals surface area contributed by atoms with Crippen molar-refractivity contribution >= 4 is 28.9 Å². The Bertz CT molecular complexity index is 1140. The van der Waals surface area contributed by atoms with Gasteiger partial charge in [-0.3, -0.25) is 19.9 Å². The maximum absolute atomic E-state index is 14.0. The largest absolute Gasteiger partial charge is 0.617 e. The number of amides is 2. The van der Waals surface area contributed by atoms with Gasteiger partial charge in [-0.05, 0) is 42.5 Å². The van der Waals surface area contributed by atoms with E-state index in [1.165, 1.54) is 4.90 Å². The quantitative estimate of drug-likeness (QED) is 0.513. The fraction of sp³-hybridized carbons (Fsp3) is 0.321. The Balaban J connectivity index is 1.59. The Morgan fingerprint density at radius 3 is 2.31 bits per heavy atom. The number of rotatable bonds is 9. The Morgan fingerprint density at radius 2 is 1.75 bits per heavy atom. The summed E-state index contributed by atoms with van der Waals surface area (Å²) in [5.41, 5.74) is 1.86. The molecule has 1 aliphatic carbocycles. The van der Waals surface area contributed by atoms with Gasteiger partial charge in [-0.1, -0.05) is 77.9 Å². The molecular weight excluding hydrogens is 472 g/mol. The molecule has 2 aromatic rings. The molecule has 36 heavy (non-hydrogen) atoms. The van der Waals surface area contributed by atoms with Gasteiger partial charge in [-0.2, -0.15) is 0 Å². The van der Waals surface area contributed by atoms with Crippen molar-refractivity contribution in [3.8, 4) is 0 Å². The van der Waals surface area contributed by atoms with Crippen LogP contribution in [-0.2, 0) is 26.3 Å². The highest BCUT2D eigenvalue weighted by Gasteiger charge is 2.52. The van der Waals surface area contributed by atoms with Crippen LogP contribution in [0.2, 0.25) is 0 Å². The lowest BCUT2D eigenvalue weighted by atomic mass is 9.82. The molecule has 2 aromatic carbocycles. The molecule has 7 nitrogen and oxygen atoms in total. The number of allylic oxidation sites excluding steroid dienone is 1. The zero-order valence-corrected chi connectivity index (χ0v) is 21.5. The monoisotopic (exact) mass is 504 g/mol. The maximum Gasteiger partial charge on any atom is 0.264 e. The summed E-state index contributed by atoms with van der Waals surface area (Å²) < 4.78 is 11.5. The van der Waals surface area contributed by atoms with Crippen molar-refractivity contribution in [1.82, 2.24) is 15.1 Å². The predicted molar refractivity (Wildman–Crippen MR) is 143 cm³/mol. The zero-order valence-electron chi connectivity index (χ0n) is 20.7. The van der Waals surface area contributed by atoms with Crippen LogP contribution in [0.25, 0.3) is 0 Å². The Kier molecular flexibility index (Phi) is 7.96. The highest BCUT2D eigenvalue weighted by molar-refractivity contribution is 7.90. The summed E-state index contributed by atoms with van der Waals surface area (Å²) in [6.45, 7) is 3.11. The molecule has 0 bridgehead atoms. The minimum Gasteiger partial charge on any atom is -0.617 e. The van der Waals surface area contributed by atoms with Crippen LogP contribution in [0.4, 0.5) is 0 Å². The van der Waals surface area contributed by atoms with Gasteiger partial charge in [0.1, 0.15) is 5.75 Å². The molecular formula is C28H32N4O3S. The zero-order chi connectivity index (χ0) is 25.7. The molecule has 1 fully saturated rings. The van der Waals surface area contributed by atoms with Gasteiger partial charge in [0.15, 0.2) is 11.5 Å². The second-order valence-corrected chi connectivity index (χ2v) is 10.6. The van der Waals surface area contributed by atoms with Gasteiger partial charge in [0, 0.05) is 12.1 Å². The van der Waals surface area contributed by atoms with E-state index in [2.05, 4.69) is 5.32 Å². The van der Waals surface area contributed by atoms with E-state index in [1.807, 2.05) is 79.7 Å². The number of hydrogen-bond donors (Lipinski definition) is 2. The van der Waals surface area contributed by atoms with E-state index < -0.39 is 16.7 Å². The molecule has 1 aliphatic heterocycles. The summed E-state index contributed by atoms with van der Waals surface area (Å²) >= 11 is -0.966. The third kappa shape index (κ3) is 5.10. The van der Waals surface area contributed by atoms with Crippen molar-refractivity contribution < 1.29 is 14.1 Å². The first-order valence-corrected chi connectivity index (χ1v) is 13.9. The SMILES string of the molecule is CCN(CC[S+](C)[O-])C(=O)C1=CC(CN2C(=N)NC(c3ccccc3)(c3ccccc3)C2=O)=CCC1. The number of likely N-dealkylation sites (N-methyl/N-ethyl adjacent to an activating group) is 1. The molecule has 2 N–H and O–H groups in total. The fourth-order valence-electron chi connectivity index (χ4n) is 4.76. The second kappa shape index (κ2) is 11.1. The smallest absolute Gasteiger partial charge is 0.264 e. The summed E-state index contributed by atoms with van der Waals surface area (Å²) in [6, 6.07) is 18.9. The van der Waals surface area contributed by atoms with Gasteiger partial charge < -0.3 is 14.8 Å². The van der Waals surface area contributed by atoms with Crippen LogP contribution < -0.4 is 5.32 Å². The number of nitrogens with zero attached hydrogens (tertiary/aromatic N) is 2. The molecule has 8 heteroatoms. The van der Waals surface area contributed by atoms with E-state index >= 15 is 0 Å². The van der Waals surface area contributed by atoms with E-state index in [4.69, 9.17) is 5.41 Å². The number of carbonyl (C=O) groups is 2. The maximum atomic E-state index is 14.0. The molecule has 0 aromatic heterocycles. The predicted octanol–water partition coefficient (Wildman–Crippen LogP) is 3.17. The highest BCUT2D eigenvalue weighted by atomic mass is 32.2. The van der Waals surface area contributed by atoms with Crippen molar-refractivity contribution in [2.75, 3.05) is 31.6 Å². The molecule has 2 amide bonds. The number of guanidine groups is 1. The summed E-state index contributed by atoms with van der Waals surface area (Å²) in [7, 11) is 0. The second-order valence-electron chi connectivity index (χ2n) is 9.00. The molecule has 1 heterocycles. The Hall–Kier alpha value is -3.36. The van der Waals surface area contributed by atoms with E-state index in [-0.39, 0.29) is 24.3 Å². The number of carbonyl (C=O) groups excluding carboxylic acids is 2. The lowest BCUT2D eigenvalue weighted by Crippen LogP contribution is -2.45. The molecule has 1 unspecified atom stereocenters. The van der Waals surface area contributed by atoms with Crippen LogP contribution in [0.3, 0.4) is 0 Å². The van der Waals surface area contributed by atoms with Crippen LogP contribution in [0.1, 0.15) is 30.9 Å². The summed E-state index contributed by atoms with van der Waals surface area (Å²) in [5, 5.41) is 11.9. The molecule has 188 valence electrons. The van der Waals surface area contributed by atoms with E-state index in [9.17, 15) is 14.1 Å². The van der Waals surface area contributed by atoms with Crippen LogP contribution in [0.15, 0.2) is 84.0 Å². The third-order valence-corrected chi connectivity index (χ3v) is 7.43. The summed E-state index contributed by atoms with van der Waals surface area (Å²) in [6.07, 6.45) is 6.83. The normalized spacial score (nSPS) is 17.8. The van der Waals surface area contributed by atoms with Crippen LogP contribution in [0, 0.1) is 5.41 Å². The van der Waals surface area contributed by atoms with Crippen LogP contribution in [0.5, 0.6) is 0 Å². The minimum absolute atomic E-state index is 0.0288. The molecule has 4 rings (SSSR count). The summed E-state index contributed by atoms with van der Waals surface area (Å²) in [4.78, 5) is 30.3. The highest BCUT2D eigenvalue weighted by Crippen LogP contribution is 2.36. The van der Waals surface area contributed by atoms with E-state index in [0.717, 1.165) is 16.7 Å². The number of benzene rings is 2. The van der Waals surface area contributed by atoms with Crippen LogP contribution in [-0.4, -0.2) is 63.8 Å². The molecule has 0 spiro atoms. The van der Waals surface area contributed by atoms with Gasteiger partial charge in [0.2, 0.25) is 5.91 Å². The van der Waals surface area contributed by atoms with Crippen molar-refractivity contribution in [2.24, 2.45) is 0 Å². The first-order valence-electron chi connectivity index (χ1n) is 12.2. The fourth-order valence-corrected chi connectivity index (χ4v) is 5.24. The Labute approximate surface area is 215 Å². The van der Waals surface area contributed by atoms with Crippen molar-refractivity contribution in [3.05, 3.63) is 95.1 Å². The average Bonchev–Trinajstić information content (AvgIpc) is 3.15. The van der Waals surface area contributed by atoms with Crippen molar-refractivity contribution in [1.29, 1.82) is 5.41 Å². The van der Waals surface area contributed by atoms with E-state index in [0.29, 0.717) is 37.3 Å². The third-order valence-electron chi connectivity index (χ3n) is 6.67. The van der Waals surface area contributed by atoms with Crippen molar-refractivity contribution in [2.45, 2.75) is 25.3 Å². The summed E-state index contributed by atoms with van der Waals surface area (Å²) in [5.74, 6) is 0.193. The van der Waals surface area contributed by atoms with Gasteiger partial charge in [-0.25, -0.2) is 0 Å². The Morgan fingerprint density at radius 1 is 1.14 bits per heavy atom. The molecule has 2 aliphatic rings. The topological polar surface area (TPSA) is 99.6 Å². The van der Waals surface area contributed by atoms with Gasteiger partial charge in [0.05, 0.1) is 19.3 Å². The van der Waals surface area contributed by atoms with Gasteiger partial charge in [0.25, 0.3) is 5.91 Å². The van der Waals surface area contributed by atoms with Crippen molar-refractivity contribution in [3.63, 3.8) is 0 Å².